The molecule has 0 aromatic heterocycles. The van der Waals surface area contributed by atoms with Crippen molar-refractivity contribution in [2.24, 2.45) is 0 Å². The molecule has 0 unspecified atom stereocenters. The molecule has 0 spiro atoms. The zero-order valence-electron chi connectivity index (χ0n) is 11.5. The van der Waals surface area contributed by atoms with E-state index in [1.54, 1.807) is 7.05 Å². The second-order valence-corrected chi connectivity index (χ2v) is 4.63. The van der Waals surface area contributed by atoms with Crippen molar-refractivity contribution in [2.45, 2.75) is 6.54 Å². The van der Waals surface area contributed by atoms with E-state index in [2.05, 4.69) is 22.3 Å². The number of benzene rings is 1. The van der Waals surface area contributed by atoms with Crippen LogP contribution in [0.5, 0.6) is 0 Å². The molecule has 0 aliphatic rings. The van der Waals surface area contributed by atoms with E-state index >= 15 is 0 Å². The first-order chi connectivity index (χ1) is 8.63. The smallest absolute Gasteiger partial charge is 0.236 e. The predicted molar refractivity (Wildman–Crippen MR) is 74.3 cm³/mol. The van der Waals surface area contributed by atoms with E-state index in [9.17, 15) is 4.79 Å². The Balaban J connectivity index is 2.62. The molecule has 0 fully saturated rings. The van der Waals surface area contributed by atoms with E-state index in [0.29, 0.717) is 13.1 Å². The molecule has 1 N–H and O–H groups in total. The van der Waals surface area contributed by atoms with Crippen LogP contribution < -0.4 is 5.32 Å². The number of nitrogens with one attached hydrogen (secondary N) is 1. The Bertz CT molecular complexity index is 351. The zero-order chi connectivity index (χ0) is 13.4. The van der Waals surface area contributed by atoms with Gasteiger partial charge in [0.2, 0.25) is 5.91 Å². The van der Waals surface area contributed by atoms with E-state index < -0.39 is 0 Å². The lowest BCUT2D eigenvalue weighted by Gasteiger charge is -2.24. The third-order valence-electron chi connectivity index (χ3n) is 2.71. The van der Waals surface area contributed by atoms with Gasteiger partial charge in [-0.1, -0.05) is 30.3 Å². The number of hydrogen-bond acceptors (Lipinski definition) is 3. The van der Waals surface area contributed by atoms with Crippen molar-refractivity contribution >= 4 is 5.91 Å². The maximum absolute atomic E-state index is 12.0. The van der Waals surface area contributed by atoms with Crippen LogP contribution in [0.4, 0.5) is 0 Å². The summed E-state index contributed by atoms with van der Waals surface area (Å²) < 4.78 is 0. The predicted octanol–water partition coefficient (Wildman–Crippen LogP) is 0.796. The van der Waals surface area contributed by atoms with Crippen molar-refractivity contribution in [3.63, 3.8) is 0 Å². The molecular weight excluding hydrogens is 226 g/mol. The van der Waals surface area contributed by atoms with E-state index in [1.165, 1.54) is 5.56 Å². The van der Waals surface area contributed by atoms with Gasteiger partial charge in [-0.15, -0.1) is 0 Å². The monoisotopic (exact) mass is 249 g/mol. The zero-order valence-corrected chi connectivity index (χ0v) is 11.5. The van der Waals surface area contributed by atoms with Crippen LogP contribution in [0.1, 0.15) is 5.56 Å². The third kappa shape index (κ3) is 5.29. The van der Waals surface area contributed by atoms with E-state index in [0.717, 1.165) is 13.1 Å². The van der Waals surface area contributed by atoms with Crippen LogP contribution in [0.25, 0.3) is 0 Å². The lowest BCUT2D eigenvalue weighted by atomic mass is 10.2. The minimum absolute atomic E-state index is 0.142. The minimum atomic E-state index is 0.142. The highest BCUT2D eigenvalue weighted by Gasteiger charge is 2.12. The molecule has 1 rings (SSSR count). The van der Waals surface area contributed by atoms with Crippen LogP contribution in [0.15, 0.2) is 30.3 Å². The molecule has 0 atom stereocenters. The summed E-state index contributed by atoms with van der Waals surface area (Å²) in [5.41, 5.74) is 1.17. The van der Waals surface area contributed by atoms with Crippen LogP contribution >= 0.6 is 0 Å². The first-order valence-electron chi connectivity index (χ1n) is 6.24. The number of carbonyl (C=O) groups is 1. The topological polar surface area (TPSA) is 35.6 Å². The minimum Gasteiger partial charge on any atom is -0.336 e. The molecule has 0 radical (unpaired) electrons. The van der Waals surface area contributed by atoms with Crippen LogP contribution in [0.2, 0.25) is 0 Å². The first-order valence-corrected chi connectivity index (χ1v) is 6.24. The molecule has 0 saturated heterocycles. The standard InChI is InChI=1S/C14H23N3O/c1-15-11-14(18)17(10-9-16(2)3)12-13-7-5-4-6-8-13/h4-8,15H,9-12H2,1-3H3. The Morgan fingerprint density at radius 3 is 2.39 bits per heavy atom. The highest BCUT2D eigenvalue weighted by molar-refractivity contribution is 5.78. The Kier molecular flexibility index (Phi) is 6.39. The maximum atomic E-state index is 12.0. The molecule has 0 bridgehead atoms. The van der Waals surface area contributed by atoms with E-state index in [4.69, 9.17) is 0 Å². The molecule has 1 amide bonds. The quantitative estimate of drug-likeness (QED) is 0.776. The summed E-state index contributed by atoms with van der Waals surface area (Å²) in [5.74, 6) is 0.142. The van der Waals surface area contributed by atoms with Gasteiger partial charge in [0.1, 0.15) is 0 Å². The summed E-state index contributed by atoms with van der Waals surface area (Å²) in [4.78, 5) is 16.0. The number of nitrogens with zero attached hydrogens (tertiary/aromatic N) is 2. The Labute approximate surface area is 110 Å². The fourth-order valence-corrected chi connectivity index (χ4v) is 1.68. The van der Waals surface area contributed by atoms with Crippen molar-refractivity contribution in [2.75, 3.05) is 40.8 Å². The van der Waals surface area contributed by atoms with Crippen LogP contribution in [0, 0.1) is 0 Å². The first kappa shape index (κ1) is 14.7. The van der Waals surface area contributed by atoms with Crippen LogP contribution in [-0.2, 0) is 11.3 Å². The van der Waals surface area contributed by atoms with Gasteiger partial charge in [0.25, 0.3) is 0 Å². The van der Waals surface area contributed by atoms with Gasteiger partial charge in [-0.2, -0.15) is 0 Å². The average molecular weight is 249 g/mol. The van der Waals surface area contributed by atoms with Gasteiger partial charge in [0, 0.05) is 19.6 Å². The van der Waals surface area contributed by atoms with Gasteiger partial charge in [-0.05, 0) is 26.7 Å². The van der Waals surface area contributed by atoms with Crippen molar-refractivity contribution in [3.8, 4) is 0 Å². The summed E-state index contributed by atoms with van der Waals surface area (Å²) in [7, 11) is 5.83. The van der Waals surface area contributed by atoms with Crippen molar-refractivity contribution in [3.05, 3.63) is 35.9 Å². The molecule has 0 aliphatic carbocycles. The molecular formula is C14H23N3O. The molecule has 1 aromatic rings. The molecule has 4 nitrogen and oxygen atoms in total. The van der Waals surface area contributed by atoms with Crippen molar-refractivity contribution < 1.29 is 4.79 Å². The van der Waals surface area contributed by atoms with Gasteiger partial charge in [-0.25, -0.2) is 0 Å². The van der Waals surface area contributed by atoms with E-state index in [1.807, 2.05) is 37.2 Å². The summed E-state index contributed by atoms with van der Waals surface area (Å²) in [5, 5.41) is 2.92. The Morgan fingerprint density at radius 1 is 1.17 bits per heavy atom. The van der Waals surface area contributed by atoms with Gasteiger partial charge in [-0.3, -0.25) is 4.79 Å². The highest BCUT2D eigenvalue weighted by Crippen LogP contribution is 2.04. The highest BCUT2D eigenvalue weighted by atomic mass is 16.2. The summed E-state index contributed by atoms with van der Waals surface area (Å²) >= 11 is 0. The molecule has 0 heterocycles. The van der Waals surface area contributed by atoms with Crippen LogP contribution in [0.3, 0.4) is 0 Å². The van der Waals surface area contributed by atoms with Gasteiger partial charge >= 0.3 is 0 Å². The Morgan fingerprint density at radius 2 is 1.83 bits per heavy atom. The maximum Gasteiger partial charge on any atom is 0.236 e. The number of carbonyl (C=O) groups excluding carboxylic acids is 1. The summed E-state index contributed by atoms with van der Waals surface area (Å²) in [6.07, 6.45) is 0. The fraction of sp³-hybridized carbons (Fsp3) is 0.500. The molecule has 4 heteroatoms. The number of likely N-dealkylation sites (N-methyl/N-ethyl adjacent to an activating group) is 2. The summed E-state index contributed by atoms with van der Waals surface area (Å²) in [6.45, 7) is 2.69. The van der Waals surface area contributed by atoms with Gasteiger partial charge < -0.3 is 15.1 Å². The fourth-order valence-electron chi connectivity index (χ4n) is 1.68. The number of hydrogen-bond donors (Lipinski definition) is 1. The number of amides is 1. The molecule has 0 aliphatic heterocycles. The SMILES string of the molecule is CNCC(=O)N(CCN(C)C)Cc1ccccc1. The molecule has 0 saturated carbocycles. The Hall–Kier alpha value is -1.39. The third-order valence-corrected chi connectivity index (χ3v) is 2.71. The summed E-state index contributed by atoms with van der Waals surface area (Å²) in [6, 6.07) is 10.1. The second kappa shape index (κ2) is 7.84. The van der Waals surface area contributed by atoms with Crippen molar-refractivity contribution in [1.82, 2.24) is 15.1 Å². The molecule has 18 heavy (non-hydrogen) atoms. The average Bonchev–Trinajstić information content (AvgIpc) is 2.35. The van der Waals surface area contributed by atoms with E-state index in [-0.39, 0.29) is 5.91 Å². The second-order valence-electron chi connectivity index (χ2n) is 4.63. The normalized spacial score (nSPS) is 10.7. The lowest BCUT2D eigenvalue weighted by molar-refractivity contribution is -0.130. The van der Waals surface area contributed by atoms with Crippen LogP contribution in [-0.4, -0.2) is 56.5 Å². The number of rotatable bonds is 7. The lowest BCUT2D eigenvalue weighted by Crippen LogP contribution is -2.40. The van der Waals surface area contributed by atoms with Gasteiger partial charge in [0.15, 0.2) is 0 Å². The molecule has 100 valence electrons. The molecule has 1 aromatic carbocycles. The van der Waals surface area contributed by atoms with Crippen molar-refractivity contribution in [1.29, 1.82) is 0 Å². The largest absolute Gasteiger partial charge is 0.336 e. The van der Waals surface area contributed by atoms with Gasteiger partial charge in [0.05, 0.1) is 6.54 Å².